The molecule has 0 aliphatic rings. The zero-order valence-corrected chi connectivity index (χ0v) is 6.40. The average Bonchev–Trinajstić information content (AvgIpc) is 1.87. The average molecular weight is 129 g/mol. The van der Waals surface area contributed by atoms with Gasteiger partial charge in [-0.25, -0.2) is 0 Å². The summed E-state index contributed by atoms with van der Waals surface area (Å²) in [6, 6.07) is 0. The van der Waals surface area contributed by atoms with Gasteiger partial charge in [0, 0.05) is 5.92 Å². The molecule has 0 radical (unpaired) electrons. The van der Waals surface area contributed by atoms with Crippen molar-refractivity contribution >= 4 is 5.90 Å². The number of ether oxygens (including phenoxy) is 1. The minimum atomic E-state index is 0.292. The van der Waals surface area contributed by atoms with Crippen LogP contribution in [0.2, 0.25) is 0 Å². The molecular formula is C7H15NO. The van der Waals surface area contributed by atoms with Crippen LogP contribution in [0.15, 0.2) is 0 Å². The van der Waals surface area contributed by atoms with Gasteiger partial charge in [0.05, 0.1) is 7.11 Å². The summed E-state index contributed by atoms with van der Waals surface area (Å²) in [5.41, 5.74) is 0. The highest BCUT2D eigenvalue weighted by molar-refractivity contribution is 5.74. The minimum Gasteiger partial charge on any atom is -0.484 e. The van der Waals surface area contributed by atoms with E-state index < -0.39 is 0 Å². The summed E-state index contributed by atoms with van der Waals surface area (Å²) in [6.07, 6.45) is 2.17. The molecular weight excluding hydrogens is 114 g/mol. The van der Waals surface area contributed by atoms with Crippen molar-refractivity contribution in [3.63, 3.8) is 0 Å². The van der Waals surface area contributed by atoms with Crippen LogP contribution in [0.4, 0.5) is 0 Å². The smallest absolute Gasteiger partial charge is 0.182 e. The normalized spacial score (nSPS) is 12.8. The van der Waals surface area contributed by atoms with E-state index in [1.54, 1.807) is 7.11 Å². The van der Waals surface area contributed by atoms with E-state index in [2.05, 4.69) is 6.92 Å². The Kier molecular flexibility index (Phi) is 4.10. The third-order valence-corrected chi connectivity index (χ3v) is 1.39. The third kappa shape index (κ3) is 3.12. The SMILES string of the molecule is CCCC(C)C(=N)OC. The summed E-state index contributed by atoms with van der Waals surface area (Å²) in [5.74, 6) is 0.692. The fourth-order valence-corrected chi connectivity index (χ4v) is 0.765. The van der Waals surface area contributed by atoms with E-state index in [1.165, 1.54) is 0 Å². The van der Waals surface area contributed by atoms with Gasteiger partial charge in [0.1, 0.15) is 0 Å². The van der Waals surface area contributed by atoms with Crippen LogP contribution in [0.25, 0.3) is 0 Å². The highest BCUT2D eigenvalue weighted by atomic mass is 16.5. The maximum absolute atomic E-state index is 7.22. The number of methoxy groups -OCH3 is 1. The van der Waals surface area contributed by atoms with Crippen LogP contribution in [0, 0.1) is 11.3 Å². The minimum absolute atomic E-state index is 0.292. The zero-order valence-electron chi connectivity index (χ0n) is 6.40. The molecule has 0 amide bonds. The first-order valence-electron chi connectivity index (χ1n) is 3.34. The van der Waals surface area contributed by atoms with Gasteiger partial charge in [0.2, 0.25) is 0 Å². The molecule has 1 unspecified atom stereocenters. The second-order valence-corrected chi connectivity index (χ2v) is 2.26. The van der Waals surface area contributed by atoms with Crippen LogP contribution in [0.1, 0.15) is 26.7 Å². The fraction of sp³-hybridized carbons (Fsp3) is 0.857. The van der Waals surface area contributed by atoms with Crippen molar-refractivity contribution in [1.29, 1.82) is 5.41 Å². The Hall–Kier alpha value is -0.530. The van der Waals surface area contributed by atoms with Gasteiger partial charge in [0.25, 0.3) is 0 Å². The largest absolute Gasteiger partial charge is 0.484 e. The topological polar surface area (TPSA) is 33.1 Å². The second-order valence-electron chi connectivity index (χ2n) is 2.26. The van der Waals surface area contributed by atoms with E-state index in [4.69, 9.17) is 10.1 Å². The molecule has 0 aromatic rings. The van der Waals surface area contributed by atoms with Gasteiger partial charge in [-0.05, 0) is 6.42 Å². The molecule has 54 valence electrons. The quantitative estimate of drug-likeness (QED) is 0.459. The van der Waals surface area contributed by atoms with Gasteiger partial charge in [-0.2, -0.15) is 0 Å². The molecule has 0 rings (SSSR count). The van der Waals surface area contributed by atoms with Crippen molar-refractivity contribution in [3.05, 3.63) is 0 Å². The molecule has 0 heterocycles. The Bertz CT molecular complexity index is 90.9. The lowest BCUT2D eigenvalue weighted by molar-refractivity contribution is 0.360. The molecule has 9 heavy (non-hydrogen) atoms. The van der Waals surface area contributed by atoms with Crippen molar-refractivity contribution in [3.8, 4) is 0 Å². The summed E-state index contributed by atoms with van der Waals surface area (Å²) in [4.78, 5) is 0. The molecule has 0 saturated carbocycles. The maximum Gasteiger partial charge on any atom is 0.182 e. The van der Waals surface area contributed by atoms with Gasteiger partial charge in [-0.1, -0.05) is 20.3 Å². The van der Waals surface area contributed by atoms with E-state index in [9.17, 15) is 0 Å². The monoisotopic (exact) mass is 129 g/mol. The van der Waals surface area contributed by atoms with E-state index in [0.717, 1.165) is 12.8 Å². The third-order valence-electron chi connectivity index (χ3n) is 1.39. The Morgan fingerprint density at radius 1 is 1.67 bits per heavy atom. The Labute approximate surface area is 56.7 Å². The van der Waals surface area contributed by atoms with Crippen molar-refractivity contribution < 1.29 is 4.74 Å². The summed E-state index contributed by atoms with van der Waals surface area (Å²) >= 11 is 0. The molecule has 0 aromatic carbocycles. The first-order valence-corrected chi connectivity index (χ1v) is 3.34. The number of hydrogen-bond acceptors (Lipinski definition) is 2. The van der Waals surface area contributed by atoms with E-state index in [-0.39, 0.29) is 0 Å². The first-order chi connectivity index (χ1) is 4.22. The molecule has 2 nitrogen and oxygen atoms in total. The Morgan fingerprint density at radius 2 is 2.22 bits per heavy atom. The summed E-state index contributed by atoms with van der Waals surface area (Å²) in [5, 5.41) is 7.22. The lowest BCUT2D eigenvalue weighted by Crippen LogP contribution is -2.10. The Morgan fingerprint density at radius 3 is 2.56 bits per heavy atom. The van der Waals surface area contributed by atoms with Crippen molar-refractivity contribution in [2.24, 2.45) is 5.92 Å². The lowest BCUT2D eigenvalue weighted by Gasteiger charge is -2.08. The molecule has 0 saturated heterocycles. The molecule has 0 spiro atoms. The van der Waals surface area contributed by atoms with Crippen molar-refractivity contribution in [1.82, 2.24) is 0 Å². The van der Waals surface area contributed by atoms with Crippen LogP contribution in [0.3, 0.4) is 0 Å². The fourth-order valence-electron chi connectivity index (χ4n) is 0.765. The summed E-state index contributed by atoms with van der Waals surface area (Å²) < 4.78 is 4.75. The van der Waals surface area contributed by atoms with Gasteiger partial charge in [-0.15, -0.1) is 0 Å². The molecule has 2 heteroatoms. The molecule has 0 aliphatic carbocycles. The van der Waals surface area contributed by atoms with Crippen LogP contribution >= 0.6 is 0 Å². The highest BCUT2D eigenvalue weighted by Gasteiger charge is 2.05. The van der Waals surface area contributed by atoms with Gasteiger partial charge in [0.15, 0.2) is 5.90 Å². The highest BCUT2D eigenvalue weighted by Crippen LogP contribution is 2.05. The van der Waals surface area contributed by atoms with Gasteiger partial charge in [-0.3, -0.25) is 5.41 Å². The summed E-state index contributed by atoms with van der Waals surface area (Å²) in [7, 11) is 1.55. The van der Waals surface area contributed by atoms with Crippen LogP contribution in [-0.2, 0) is 4.74 Å². The van der Waals surface area contributed by atoms with Crippen LogP contribution in [0.5, 0.6) is 0 Å². The molecule has 0 bridgehead atoms. The zero-order chi connectivity index (χ0) is 7.28. The maximum atomic E-state index is 7.22. The second kappa shape index (κ2) is 4.36. The first kappa shape index (κ1) is 8.47. The molecule has 0 aliphatic heterocycles. The van der Waals surface area contributed by atoms with Crippen molar-refractivity contribution in [2.75, 3.05) is 7.11 Å². The molecule has 0 fully saturated rings. The van der Waals surface area contributed by atoms with Crippen LogP contribution < -0.4 is 0 Å². The lowest BCUT2D eigenvalue weighted by atomic mass is 10.1. The molecule has 0 aromatic heterocycles. The Balaban J connectivity index is 3.45. The standard InChI is InChI=1S/C7H15NO/c1-4-5-6(2)7(8)9-3/h6,8H,4-5H2,1-3H3. The predicted octanol–water partition coefficient (Wildman–Crippen LogP) is 2.05. The number of hydrogen-bond donors (Lipinski definition) is 1. The van der Waals surface area contributed by atoms with Crippen molar-refractivity contribution in [2.45, 2.75) is 26.7 Å². The molecule has 1 N–H and O–H groups in total. The van der Waals surface area contributed by atoms with Gasteiger partial charge < -0.3 is 4.74 Å². The van der Waals surface area contributed by atoms with Crippen LogP contribution in [-0.4, -0.2) is 13.0 Å². The number of rotatable bonds is 3. The van der Waals surface area contributed by atoms with E-state index >= 15 is 0 Å². The number of nitrogens with one attached hydrogen (secondary N) is 1. The summed E-state index contributed by atoms with van der Waals surface area (Å²) in [6.45, 7) is 4.12. The van der Waals surface area contributed by atoms with E-state index in [1.807, 2.05) is 6.92 Å². The molecule has 1 atom stereocenters. The van der Waals surface area contributed by atoms with Gasteiger partial charge >= 0.3 is 0 Å². The predicted molar refractivity (Wildman–Crippen MR) is 38.8 cm³/mol. The van der Waals surface area contributed by atoms with E-state index in [0.29, 0.717) is 11.8 Å².